The number of nitrogens with zero attached hydrogens (tertiary/aromatic N) is 3. The topological polar surface area (TPSA) is 79.5 Å². The van der Waals surface area contributed by atoms with Crippen molar-refractivity contribution in [2.75, 3.05) is 0 Å². The molecule has 0 saturated heterocycles. The van der Waals surface area contributed by atoms with E-state index in [-0.39, 0.29) is 28.3 Å². The Hall–Kier alpha value is -3.81. The number of hydrogen-bond acceptors (Lipinski definition) is 4. The zero-order valence-electron chi connectivity index (χ0n) is 14.4. The second-order valence-electron chi connectivity index (χ2n) is 6.09. The smallest absolute Gasteiger partial charge is 0.257 e. The predicted molar refractivity (Wildman–Crippen MR) is 97.6 cm³/mol. The Labute approximate surface area is 158 Å². The molecule has 1 amide bonds. The van der Waals surface area contributed by atoms with Gasteiger partial charge in [-0.2, -0.15) is 9.61 Å². The van der Waals surface area contributed by atoms with E-state index in [1.807, 2.05) is 30.3 Å². The molecular weight excluding hydrogens is 366 g/mol. The molecule has 6 nitrogen and oxygen atoms in total. The number of carbonyl (C=O) groups is 1. The van der Waals surface area contributed by atoms with Crippen LogP contribution in [0.4, 0.5) is 8.78 Å². The van der Waals surface area contributed by atoms with Gasteiger partial charge in [0.25, 0.3) is 5.91 Å². The first kappa shape index (κ1) is 17.6. The zero-order chi connectivity index (χ0) is 19.7. The van der Waals surface area contributed by atoms with Gasteiger partial charge in [0.05, 0.1) is 11.9 Å². The van der Waals surface area contributed by atoms with Gasteiger partial charge in [0, 0.05) is 24.2 Å². The molecule has 0 aliphatic rings. The van der Waals surface area contributed by atoms with Crippen LogP contribution in [0.3, 0.4) is 0 Å². The molecule has 28 heavy (non-hydrogen) atoms. The number of nitrogens with one attached hydrogen (secondary N) is 1. The number of halogens is 2. The van der Waals surface area contributed by atoms with Crippen LogP contribution >= 0.6 is 0 Å². The van der Waals surface area contributed by atoms with Crippen LogP contribution in [0.15, 0.2) is 60.8 Å². The van der Waals surface area contributed by atoms with Gasteiger partial charge < -0.3 is 10.4 Å². The van der Waals surface area contributed by atoms with Crippen molar-refractivity contribution in [1.82, 2.24) is 19.9 Å². The second kappa shape index (κ2) is 7.07. The second-order valence-corrected chi connectivity index (χ2v) is 6.09. The molecular formula is C20H14F2N4O2. The average molecular weight is 380 g/mol. The fourth-order valence-corrected chi connectivity index (χ4v) is 2.82. The Balaban J connectivity index is 1.70. The lowest BCUT2D eigenvalue weighted by Crippen LogP contribution is -2.22. The number of amides is 1. The lowest BCUT2D eigenvalue weighted by atomic mass is 10.1. The summed E-state index contributed by atoms with van der Waals surface area (Å²) in [7, 11) is 0. The van der Waals surface area contributed by atoms with Crippen LogP contribution in [0.25, 0.3) is 16.9 Å². The molecule has 0 atom stereocenters. The number of aromatic nitrogens is 3. The number of hydrogen-bond donors (Lipinski definition) is 2. The van der Waals surface area contributed by atoms with E-state index in [9.17, 15) is 18.7 Å². The molecule has 0 radical (unpaired) electrons. The number of fused-ring (bicyclic) bond motifs is 1. The minimum absolute atomic E-state index is 0.00366. The third-order valence-electron chi connectivity index (χ3n) is 4.20. The Morgan fingerprint density at radius 1 is 1.11 bits per heavy atom. The molecule has 0 unspecified atom stereocenters. The van der Waals surface area contributed by atoms with Crippen LogP contribution < -0.4 is 5.32 Å². The molecule has 4 aromatic rings. The highest BCUT2D eigenvalue weighted by atomic mass is 19.1. The van der Waals surface area contributed by atoms with Crippen molar-refractivity contribution in [3.05, 3.63) is 83.6 Å². The molecule has 0 aliphatic carbocycles. The van der Waals surface area contributed by atoms with E-state index in [2.05, 4.69) is 15.4 Å². The first-order valence-corrected chi connectivity index (χ1v) is 8.38. The lowest BCUT2D eigenvalue weighted by molar-refractivity contribution is 0.0952. The summed E-state index contributed by atoms with van der Waals surface area (Å²) in [6.45, 7) is 0.301. The fourth-order valence-electron chi connectivity index (χ4n) is 2.82. The molecule has 2 N–H and O–H groups in total. The average Bonchev–Trinajstić information content (AvgIpc) is 3.11. The third kappa shape index (κ3) is 3.27. The van der Waals surface area contributed by atoms with Crippen LogP contribution in [0.1, 0.15) is 15.9 Å². The molecule has 0 fully saturated rings. The normalized spacial score (nSPS) is 10.9. The van der Waals surface area contributed by atoms with Crippen molar-refractivity contribution in [3.63, 3.8) is 0 Å². The highest BCUT2D eigenvalue weighted by Crippen LogP contribution is 2.26. The number of carbonyl (C=O) groups excluding carboxylic acids is 1. The Morgan fingerprint density at radius 3 is 2.64 bits per heavy atom. The zero-order valence-corrected chi connectivity index (χ0v) is 14.4. The van der Waals surface area contributed by atoms with Crippen molar-refractivity contribution >= 4 is 11.6 Å². The molecule has 2 aromatic carbocycles. The summed E-state index contributed by atoms with van der Waals surface area (Å²) in [5.41, 5.74) is 1.15. The Morgan fingerprint density at radius 2 is 1.89 bits per heavy atom. The van der Waals surface area contributed by atoms with Gasteiger partial charge in [-0.15, -0.1) is 0 Å². The first-order chi connectivity index (χ1) is 13.5. The molecule has 0 aliphatic heterocycles. The quantitative estimate of drug-likeness (QED) is 0.569. The highest BCUT2D eigenvalue weighted by Gasteiger charge is 2.18. The van der Waals surface area contributed by atoms with Gasteiger partial charge in [-0.05, 0) is 17.7 Å². The molecule has 2 aromatic heterocycles. The van der Waals surface area contributed by atoms with Gasteiger partial charge in [0.2, 0.25) is 5.88 Å². The largest absolute Gasteiger partial charge is 0.493 e. The summed E-state index contributed by atoms with van der Waals surface area (Å²) < 4.78 is 28.3. The van der Waals surface area contributed by atoms with E-state index in [0.717, 1.165) is 22.2 Å². The first-order valence-electron chi connectivity index (χ1n) is 8.38. The third-order valence-corrected chi connectivity index (χ3v) is 4.20. The van der Waals surface area contributed by atoms with Crippen molar-refractivity contribution in [3.8, 4) is 17.1 Å². The summed E-state index contributed by atoms with van der Waals surface area (Å²) in [5, 5.41) is 16.9. The number of rotatable bonds is 4. The molecule has 140 valence electrons. The monoisotopic (exact) mass is 380 g/mol. The Bertz CT molecular complexity index is 1180. The fraction of sp³-hybridized carbons (Fsp3) is 0.0500. The summed E-state index contributed by atoms with van der Waals surface area (Å²) in [6, 6.07) is 13.6. The lowest BCUT2D eigenvalue weighted by Gasteiger charge is -2.07. The minimum Gasteiger partial charge on any atom is -0.493 e. The molecule has 0 bridgehead atoms. The van der Waals surface area contributed by atoms with E-state index in [0.29, 0.717) is 6.54 Å². The number of aromatic hydroxyl groups is 1. The van der Waals surface area contributed by atoms with Crippen LogP contribution in [0.2, 0.25) is 0 Å². The van der Waals surface area contributed by atoms with Crippen LogP contribution in [-0.4, -0.2) is 25.6 Å². The van der Waals surface area contributed by atoms with E-state index < -0.39 is 17.5 Å². The summed E-state index contributed by atoms with van der Waals surface area (Å²) >= 11 is 0. The van der Waals surface area contributed by atoms with Crippen LogP contribution in [-0.2, 0) is 6.54 Å². The van der Waals surface area contributed by atoms with Crippen LogP contribution in [0, 0.1) is 11.6 Å². The van der Waals surface area contributed by atoms with Crippen molar-refractivity contribution in [2.45, 2.75) is 6.54 Å². The molecule has 4 rings (SSSR count). The minimum atomic E-state index is -0.828. The van der Waals surface area contributed by atoms with E-state index in [4.69, 9.17) is 0 Å². The van der Waals surface area contributed by atoms with E-state index in [1.165, 1.54) is 18.3 Å². The van der Waals surface area contributed by atoms with Crippen molar-refractivity contribution in [1.29, 1.82) is 0 Å². The van der Waals surface area contributed by atoms with E-state index >= 15 is 0 Å². The summed E-state index contributed by atoms with van der Waals surface area (Å²) in [6.07, 6.45) is 1.27. The van der Waals surface area contributed by atoms with Crippen LogP contribution in [0.5, 0.6) is 5.88 Å². The maximum absolute atomic E-state index is 14.1. The maximum Gasteiger partial charge on any atom is 0.257 e. The van der Waals surface area contributed by atoms with Gasteiger partial charge in [-0.1, -0.05) is 30.3 Å². The van der Waals surface area contributed by atoms with E-state index in [1.54, 1.807) is 0 Å². The molecule has 2 heterocycles. The predicted octanol–water partition coefficient (Wildman–Crippen LogP) is 3.31. The van der Waals surface area contributed by atoms with Crippen molar-refractivity contribution in [2.24, 2.45) is 0 Å². The molecule has 8 heteroatoms. The summed E-state index contributed by atoms with van der Waals surface area (Å²) in [5.74, 6) is -2.32. The van der Waals surface area contributed by atoms with Gasteiger partial charge in [-0.25, -0.2) is 13.8 Å². The standard InChI is InChI=1S/C20H14F2N4O2/c21-13-6-7-14(16(22)8-13)17-9-18(27)26-19(25-17)15(11-24-26)20(28)23-10-12-4-2-1-3-5-12/h1-9,11,27H,10H2,(H,23,28). The molecule has 0 spiro atoms. The maximum atomic E-state index is 14.1. The van der Waals surface area contributed by atoms with Gasteiger partial charge in [0.15, 0.2) is 5.65 Å². The van der Waals surface area contributed by atoms with Gasteiger partial charge in [0.1, 0.15) is 17.2 Å². The van der Waals surface area contributed by atoms with Gasteiger partial charge in [-0.3, -0.25) is 4.79 Å². The van der Waals surface area contributed by atoms with Gasteiger partial charge >= 0.3 is 0 Å². The van der Waals surface area contributed by atoms with Crippen molar-refractivity contribution < 1.29 is 18.7 Å². The number of benzene rings is 2. The summed E-state index contributed by atoms with van der Waals surface area (Å²) in [4.78, 5) is 16.8. The SMILES string of the molecule is O=C(NCc1ccccc1)c1cnn2c(O)cc(-c3ccc(F)cc3F)nc12. The Kier molecular flexibility index (Phi) is 4.44. The molecule has 0 saturated carbocycles. The highest BCUT2D eigenvalue weighted by molar-refractivity contribution is 5.99.